The fourth-order valence-corrected chi connectivity index (χ4v) is 1.88. The third kappa shape index (κ3) is 3.93. The molecule has 3 nitrogen and oxygen atoms in total. The van der Waals surface area contributed by atoms with E-state index in [1.54, 1.807) is 6.33 Å². The number of aliphatic hydroxyl groups is 1. The van der Waals surface area contributed by atoms with Crippen LogP contribution in [0.5, 0.6) is 0 Å². The van der Waals surface area contributed by atoms with Crippen molar-refractivity contribution in [1.82, 2.24) is 9.55 Å². The number of hydrogen-bond donors (Lipinski definition) is 1. The zero-order chi connectivity index (χ0) is 13.9. The van der Waals surface area contributed by atoms with Crippen LogP contribution >= 0.6 is 0 Å². The normalized spacial score (nSPS) is 13.5. The standard InChI is InChI=1S/C16H22N2O/c1-16(2,3)15(19)11-18-10-14(17-12-18)9-13-7-5-4-6-8-13/h4-8,10,12,15,19H,9,11H2,1-3H3. The predicted octanol–water partition coefficient (Wildman–Crippen LogP) is 2.88. The van der Waals surface area contributed by atoms with E-state index in [2.05, 4.69) is 17.1 Å². The second-order valence-electron chi connectivity index (χ2n) is 6.11. The van der Waals surface area contributed by atoms with E-state index in [9.17, 15) is 5.11 Å². The van der Waals surface area contributed by atoms with Gasteiger partial charge in [-0.3, -0.25) is 0 Å². The van der Waals surface area contributed by atoms with E-state index in [0.29, 0.717) is 6.54 Å². The van der Waals surface area contributed by atoms with Gasteiger partial charge < -0.3 is 9.67 Å². The average molecular weight is 258 g/mol. The van der Waals surface area contributed by atoms with Crippen molar-refractivity contribution in [2.45, 2.75) is 39.8 Å². The lowest BCUT2D eigenvalue weighted by atomic mass is 9.89. The van der Waals surface area contributed by atoms with Gasteiger partial charge in [0.05, 0.1) is 24.7 Å². The summed E-state index contributed by atoms with van der Waals surface area (Å²) in [5.74, 6) is 0. The number of aromatic nitrogens is 2. The summed E-state index contributed by atoms with van der Waals surface area (Å²) in [6.07, 6.45) is 4.28. The molecule has 0 amide bonds. The summed E-state index contributed by atoms with van der Waals surface area (Å²) >= 11 is 0. The highest BCUT2D eigenvalue weighted by molar-refractivity contribution is 5.20. The Kier molecular flexibility index (Phi) is 4.05. The third-order valence-corrected chi connectivity index (χ3v) is 3.30. The maximum absolute atomic E-state index is 10.1. The van der Waals surface area contributed by atoms with Gasteiger partial charge in [-0.2, -0.15) is 0 Å². The molecule has 3 heteroatoms. The molecule has 0 aliphatic heterocycles. The molecule has 1 heterocycles. The van der Waals surface area contributed by atoms with Crippen LogP contribution in [-0.4, -0.2) is 20.8 Å². The van der Waals surface area contributed by atoms with Crippen molar-refractivity contribution in [2.24, 2.45) is 5.41 Å². The summed E-state index contributed by atoms with van der Waals surface area (Å²) in [6, 6.07) is 10.3. The van der Waals surface area contributed by atoms with E-state index in [4.69, 9.17) is 0 Å². The van der Waals surface area contributed by atoms with Crippen LogP contribution in [0, 0.1) is 5.41 Å². The summed E-state index contributed by atoms with van der Waals surface area (Å²) in [5, 5.41) is 10.1. The molecule has 19 heavy (non-hydrogen) atoms. The van der Waals surface area contributed by atoms with Crippen LogP contribution in [0.2, 0.25) is 0 Å². The molecule has 0 radical (unpaired) electrons. The Hall–Kier alpha value is -1.61. The third-order valence-electron chi connectivity index (χ3n) is 3.30. The SMILES string of the molecule is CC(C)(C)C(O)Cn1cnc(Cc2ccccc2)c1. The van der Waals surface area contributed by atoms with Gasteiger partial charge in [-0.05, 0) is 11.0 Å². The van der Waals surface area contributed by atoms with Crippen LogP contribution in [-0.2, 0) is 13.0 Å². The summed E-state index contributed by atoms with van der Waals surface area (Å²) in [6.45, 7) is 6.71. The molecular weight excluding hydrogens is 236 g/mol. The molecule has 1 aromatic heterocycles. The Balaban J connectivity index is 2.00. The highest BCUT2D eigenvalue weighted by atomic mass is 16.3. The van der Waals surface area contributed by atoms with Crippen LogP contribution in [0.4, 0.5) is 0 Å². The topological polar surface area (TPSA) is 38.0 Å². The highest BCUT2D eigenvalue weighted by Gasteiger charge is 2.22. The molecule has 1 N–H and O–H groups in total. The Bertz CT molecular complexity index is 511. The lowest BCUT2D eigenvalue weighted by Crippen LogP contribution is -2.30. The smallest absolute Gasteiger partial charge is 0.0950 e. The first-order chi connectivity index (χ1) is 8.95. The monoisotopic (exact) mass is 258 g/mol. The largest absolute Gasteiger partial charge is 0.391 e. The minimum atomic E-state index is -0.369. The summed E-state index contributed by atoms with van der Waals surface area (Å²) < 4.78 is 1.97. The van der Waals surface area contributed by atoms with Gasteiger partial charge in [-0.25, -0.2) is 4.98 Å². The maximum Gasteiger partial charge on any atom is 0.0950 e. The van der Waals surface area contributed by atoms with Crippen molar-refractivity contribution in [3.05, 3.63) is 54.1 Å². The first-order valence-corrected chi connectivity index (χ1v) is 6.68. The van der Waals surface area contributed by atoms with Gasteiger partial charge in [-0.1, -0.05) is 51.1 Å². The van der Waals surface area contributed by atoms with Crippen molar-refractivity contribution in [3.63, 3.8) is 0 Å². The molecule has 2 rings (SSSR count). The van der Waals surface area contributed by atoms with Gasteiger partial charge in [0.2, 0.25) is 0 Å². The van der Waals surface area contributed by atoms with Crippen molar-refractivity contribution in [1.29, 1.82) is 0 Å². The Morgan fingerprint density at radius 3 is 2.53 bits per heavy atom. The molecule has 0 spiro atoms. The summed E-state index contributed by atoms with van der Waals surface area (Å²) in [5.41, 5.74) is 2.18. The van der Waals surface area contributed by atoms with Crippen molar-refractivity contribution < 1.29 is 5.11 Å². The van der Waals surface area contributed by atoms with Gasteiger partial charge in [-0.15, -0.1) is 0 Å². The molecule has 0 bridgehead atoms. The zero-order valence-electron chi connectivity index (χ0n) is 11.9. The Morgan fingerprint density at radius 2 is 1.89 bits per heavy atom. The van der Waals surface area contributed by atoms with Gasteiger partial charge in [0.25, 0.3) is 0 Å². The average Bonchev–Trinajstić information content (AvgIpc) is 2.76. The minimum absolute atomic E-state index is 0.107. The molecule has 1 unspecified atom stereocenters. The minimum Gasteiger partial charge on any atom is -0.391 e. The van der Waals surface area contributed by atoms with Gasteiger partial charge in [0, 0.05) is 12.6 Å². The van der Waals surface area contributed by atoms with Crippen LogP contribution in [0.3, 0.4) is 0 Å². The van der Waals surface area contributed by atoms with E-state index >= 15 is 0 Å². The molecule has 0 aliphatic rings. The van der Waals surface area contributed by atoms with Crippen molar-refractivity contribution in [2.75, 3.05) is 0 Å². The van der Waals surface area contributed by atoms with Crippen LogP contribution in [0.25, 0.3) is 0 Å². The van der Waals surface area contributed by atoms with Crippen molar-refractivity contribution in [3.8, 4) is 0 Å². The quantitative estimate of drug-likeness (QED) is 0.915. The first kappa shape index (κ1) is 13.8. The molecule has 2 aromatic rings. The Morgan fingerprint density at radius 1 is 1.21 bits per heavy atom. The van der Waals surface area contributed by atoms with E-state index in [0.717, 1.165) is 12.1 Å². The molecule has 1 aromatic carbocycles. The maximum atomic E-state index is 10.1. The second-order valence-corrected chi connectivity index (χ2v) is 6.11. The van der Waals surface area contributed by atoms with Crippen LogP contribution < -0.4 is 0 Å². The molecule has 0 aliphatic carbocycles. The van der Waals surface area contributed by atoms with Gasteiger partial charge >= 0.3 is 0 Å². The van der Waals surface area contributed by atoms with Crippen LogP contribution in [0.1, 0.15) is 32.0 Å². The molecule has 0 saturated heterocycles. The molecule has 1 atom stereocenters. The molecular formula is C16H22N2O. The van der Waals surface area contributed by atoms with E-state index in [1.165, 1.54) is 5.56 Å². The fourth-order valence-electron chi connectivity index (χ4n) is 1.88. The number of hydrogen-bond acceptors (Lipinski definition) is 2. The number of imidazole rings is 1. The summed E-state index contributed by atoms with van der Waals surface area (Å²) in [4.78, 5) is 4.40. The number of rotatable bonds is 4. The second kappa shape index (κ2) is 5.57. The fraction of sp³-hybridized carbons (Fsp3) is 0.438. The van der Waals surface area contributed by atoms with Gasteiger partial charge in [0.1, 0.15) is 0 Å². The molecule has 0 fully saturated rings. The lowest BCUT2D eigenvalue weighted by Gasteiger charge is -2.25. The number of aliphatic hydroxyl groups excluding tert-OH is 1. The van der Waals surface area contributed by atoms with Crippen molar-refractivity contribution >= 4 is 0 Å². The lowest BCUT2D eigenvalue weighted by molar-refractivity contribution is 0.0480. The van der Waals surface area contributed by atoms with Gasteiger partial charge in [0.15, 0.2) is 0 Å². The van der Waals surface area contributed by atoms with Crippen LogP contribution in [0.15, 0.2) is 42.9 Å². The predicted molar refractivity (Wildman–Crippen MR) is 76.9 cm³/mol. The number of benzene rings is 1. The molecule has 102 valence electrons. The first-order valence-electron chi connectivity index (χ1n) is 6.68. The zero-order valence-corrected chi connectivity index (χ0v) is 11.9. The van der Waals surface area contributed by atoms with E-state index in [-0.39, 0.29) is 11.5 Å². The van der Waals surface area contributed by atoms with E-state index < -0.39 is 0 Å². The summed E-state index contributed by atoms with van der Waals surface area (Å²) in [7, 11) is 0. The number of nitrogens with zero attached hydrogens (tertiary/aromatic N) is 2. The Labute approximate surface area is 114 Å². The highest BCUT2D eigenvalue weighted by Crippen LogP contribution is 2.20. The molecule has 0 saturated carbocycles. The van der Waals surface area contributed by atoms with E-state index in [1.807, 2.05) is 49.7 Å².